The second-order valence-corrected chi connectivity index (χ2v) is 8.28. The van der Waals surface area contributed by atoms with E-state index >= 15 is 0 Å². The minimum Gasteiger partial charge on any atom is -0.465 e. The van der Waals surface area contributed by atoms with Crippen molar-refractivity contribution in [3.8, 4) is 0 Å². The molecule has 0 amide bonds. The molecule has 0 bridgehead atoms. The van der Waals surface area contributed by atoms with Crippen molar-refractivity contribution in [3.63, 3.8) is 0 Å². The number of hydrogen-bond donors (Lipinski definition) is 0. The second-order valence-electron chi connectivity index (χ2n) is 7.40. The zero-order valence-electron chi connectivity index (χ0n) is 16.8. The Bertz CT molecular complexity index is 772. The molecule has 1 fully saturated rings. The molecule has 4 nitrogen and oxygen atoms in total. The van der Waals surface area contributed by atoms with Gasteiger partial charge in [0, 0.05) is 36.2 Å². The van der Waals surface area contributed by atoms with E-state index < -0.39 is 0 Å². The first kappa shape index (κ1) is 22.1. The lowest BCUT2D eigenvalue weighted by molar-refractivity contribution is -0.145. The largest absolute Gasteiger partial charge is 0.465 e. The van der Waals surface area contributed by atoms with E-state index in [1.165, 1.54) is 5.56 Å². The van der Waals surface area contributed by atoms with Gasteiger partial charge in [-0.25, -0.2) is 0 Å². The van der Waals surface area contributed by atoms with E-state index in [1.54, 1.807) is 6.07 Å². The fourth-order valence-corrected chi connectivity index (χ4v) is 4.26. The molecule has 6 heteroatoms. The molecule has 1 saturated heterocycles. The van der Waals surface area contributed by atoms with Crippen molar-refractivity contribution < 1.29 is 9.53 Å². The maximum absolute atomic E-state index is 12.0. The quantitative estimate of drug-likeness (QED) is 0.430. The number of unbranched alkanes of at least 4 members (excludes halogenated alkanes) is 1. The molecule has 1 aliphatic rings. The minimum absolute atomic E-state index is 0.0751. The summed E-state index contributed by atoms with van der Waals surface area (Å²) in [5.74, 6) is -0.131. The molecule has 29 heavy (non-hydrogen) atoms. The second kappa shape index (κ2) is 11.0. The van der Waals surface area contributed by atoms with Crippen molar-refractivity contribution in [3.05, 3.63) is 69.7 Å². The van der Waals surface area contributed by atoms with Crippen molar-refractivity contribution in [1.29, 1.82) is 0 Å². The third-order valence-electron chi connectivity index (χ3n) is 5.20. The van der Waals surface area contributed by atoms with Gasteiger partial charge in [0.05, 0.1) is 19.2 Å². The summed E-state index contributed by atoms with van der Waals surface area (Å²) in [6.07, 6.45) is 1.95. The van der Waals surface area contributed by atoms with Crippen molar-refractivity contribution >= 4 is 29.2 Å². The van der Waals surface area contributed by atoms with Crippen LogP contribution in [0.1, 0.15) is 36.9 Å². The number of rotatable bonds is 8. The van der Waals surface area contributed by atoms with Crippen LogP contribution < -0.4 is 0 Å². The summed E-state index contributed by atoms with van der Waals surface area (Å²) in [7, 11) is 0. The third kappa shape index (κ3) is 6.45. The van der Waals surface area contributed by atoms with Crippen molar-refractivity contribution in [2.24, 2.45) is 0 Å². The fourth-order valence-electron chi connectivity index (χ4n) is 3.72. The molecule has 0 radical (unpaired) electrons. The Hall–Kier alpha value is -1.59. The summed E-state index contributed by atoms with van der Waals surface area (Å²) in [6, 6.07) is 16.2. The van der Waals surface area contributed by atoms with Gasteiger partial charge >= 0.3 is 5.97 Å². The highest BCUT2D eigenvalue weighted by atomic mass is 35.5. The number of hydrogen-bond acceptors (Lipinski definition) is 4. The zero-order valence-corrected chi connectivity index (χ0v) is 18.3. The molecule has 0 aromatic heterocycles. The lowest BCUT2D eigenvalue weighted by Gasteiger charge is -2.39. The smallest absolute Gasteiger partial charge is 0.320 e. The molecule has 156 valence electrons. The van der Waals surface area contributed by atoms with Crippen LogP contribution in [0.5, 0.6) is 0 Å². The molecule has 1 unspecified atom stereocenters. The Morgan fingerprint density at radius 3 is 2.28 bits per heavy atom. The Morgan fingerprint density at radius 1 is 1.00 bits per heavy atom. The van der Waals surface area contributed by atoms with E-state index in [4.69, 9.17) is 27.9 Å². The number of carbonyl (C=O) groups is 1. The van der Waals surface area contributed by atoms with Gasteiger partial charge < -0.3 is 4.74 Å². The first-order chi connectivity index (χ1) is 14.1. The molecule has 1 aliphatic heterocycles. The van der Waals surface area contributed by atoms with Crippen LogP contribution in [0.4, 0.5) is 0 Å². The molecule has 1 heterocycles. The zero-order chi connectivity index (χ0) is 20.6. The first-order valence-corrected chi connectivity index (χ1v) is 11.0. The molecular weight excluding hydrogens is 407 g/mol. The lowest BCUT2D eigenvalue weighted by Crippen LogP contribution is -2.49. The number of halogens is 2. The van der Waals surface area contributed by atoms with Crippen LogP contribution in [0, 0.1) is 0 Å². The van der Waals surface area contributed by atoms with Crippen LogP contribution in [-0.4, -0.2) is 55.1 Å². The van der Waals surface area contributed by atoms with Crippen LogP contribution in [0.3, 0.4) is 0 Å². The van der Waals surface area contributed by atoms with Crippen LogP contribution in [0.15, 0.2) is 48.5 Å². The van der Waals surface area contributed by atoms with Crippen LogP contribution >= 0.6 is 23.2 Å². The number of ether oxygens (including phenoxy) is 1. The predicted molar refractivity (Wildman–Crippen MR) is 119 cm³/mol. The van der Waals surface area contributed by atoms with Gasteiger partial charge in [-0.15, -0.1) is 0 Å². The minimum atomic E-state index is -0.131. The summed E-state index contributed by atoms with van der Waals surface area (Å²) in [4.78, 5) is 16.6. The lowest BCUT2D eigenvalue weighted by atomic mass is 9.96. The number of nitrogens with zero attached hydrogens (tertiary/aromatic N) is 2. The van der Waals surface area contributed by atoms with Crippen molar-refractivity contribution in [2.75, 3.05) is 39.3 Å². The van der Waals surface area contributed by atoms with Crippen molar-refractivity contribution in [1.82, 2.24) is 9.80 Å². The summed E-state index contributed by atoms with van der Waals surface area (Å²) < 4.78 is 5.30. The maximum Gasteiger partial charge on any atom is 0.320 e. The monoisotopic (exact) mass is 434 g/mol. The van der Waals surface area contributed by atoms with Gasteiger partial charge in [-0.3, -0.25) is 14.6 Å². The van der Waals surface area contributed by atoms with Gasteiger partial charge in [-0.1, -0.05) is 66.9 Å². The van der Waals surface area contributed by atoms with Crippen LogP contribution in [0.2, 0.25) is 10.0 Å². The van der Waals surface area contributed by atoms with Crippen molar-refractivity contribution in [2.45, 2.75) is 25.8 Å². The highest BCUT2D eigenvalue weighted by Crippen LogP contribution is 2.33. The number of esters is 1. The van der Waals surface area contributed by atoms with E-state index in [0.717, 1.165) is 44.6 Å². The molecule has 2 aromatic carbocycles. The van der Waals surface area contributed by atoms with Gasteiger partial charge in [0.1, 0.15) is 0 Å². The van der Waals surface area contributed by atoms with E-state index in [0.29, 0.717) is 23.2 Å². The van der Waals surface area contributed by atoms with Gasteiger partial charge in [0.15, 0.2) is 0 Å². The molecule has 0 aliphatic carbocycles. The van der Waals surface area contributed by atoms with E-state index in [-0.39, 0.29) is 12.0 Å². The van der Waals surface area contributed by atoms with Gasteiger partial charge in [0.25, 0.3) is 0 Å². The molecule has 0 N–H and O–H groups in total. The average Bonchev–Trinajstić information content (AvgIpc) is 2.70. The number of benzene rings is 2. The van der Waals surface area contributed by atoms with Gasteiger partial charge in [-0.05, 0) is 35.7 Å². The number of piperazine rings is 1. The summed E-state index contributed by atoms with van der Waals surface area (Å²) in [5.41, 5.74) is 2.29. The summed E-state index contributed by atoms with van der Waals surface area (Å²) >= 11 is 12.6. The average molecular weight is 435 g/mol. The Balaban J connectivity index is 1.68. The molecule has 1 atom stereocenters. The summed E-state index contributed by atoms with van der Waals surface area (Å²) in [6.45, 7) is 6.31. The maximum atomic E-state index is 12.0. The summed E-state index contributed by atoms with van der Waals surface area (Å²) in [5, 5.41) is 1.28. The Labute approximate surface area is 183 Å². The highest BCUT2D eigenvalue weighted by molar-refractivity contribution is 6.34. The third-order valence-corrected chi connectivity index (χ3v) is 5.64. The Kier molecular flexibility index (Phi) is 8.37. The normalized spacial score (nSPS) is 16.5. The van der Waals surface area contributed by atoms with E-state index in [9.17, 15) is 4.79 Å². The Morgan fingerprint density at radius 2 is 1.66 bits per heavy atom. The van der Waals surface area contributed by atoms with E-state index in [2.05, 4.69) is 41.0 Å². The first-order valence-electron chi connectivity index (χ1n) is 10.2. The fraction of sp³-hybridized carbons (Fsp3) is 0.435. The van der Waals surface area contributed by atoms with Crippen LogP contribution in [-0.2, 0) is 9.53 Å². The molecule has 2 aromatic rings. The van der Waals surface area contributed by atoms with E-state index in [1.807, 2.05) is 18.2 Å². The molecule has 3 rings (SSSR count). The predicted octanol–water partition coefficient (Wildman–Crippen LogP) is 5.04. The molecule has 0 spiro atoms. The van der Waals surface area contributed by atoms with Gasteiger partial charge in [-0.2, -0.15) is 0 Å². The molecular formula is C23H28Cl2N2O2. The van der Waals surface area contributed by atoms with Gasteiger partial charge in [0.2, 0.25) is 0 Å². The highest BCUT2D eigenvalue weighted by Gasteiger charge is 2.27. The topological polar surface area (TPSA) is 32.8 Å². The standard InChI is InChI=1S/C23H28Cl2N2O2/c1-2-3-13-29-22(28)17-26-9-11-27(12-10-26)23(18-7-5-4-6-8-18)19-14-20(24)16-21(25)15-19/h4-8,14-16,23H,2-3,9-13,17H2,1H3. The number of carbonyl (C=O) groups excluding carboxylic acids is 1. The van der Waals surface area contributed by atoms with Crippen LogP contribution in [0.25, 0.3) is 0 Å². The SMILES string of the molecule is CCCCOC(=O)CN1CCN(C(c2ccccc2)c2cc(Cl)cc(Cl)c2)CC1. The molecule has 0 saturated carbocycles.